The summed E-state index contributed by atoms with van der Waals surface area (Å²) in [6, 6.07) is 23.6. The van der Waals surface area contributed by atoms with Gasteiger partial charge < -0.3 is 19.3 Å². The van der Waals surface area contributed by atoms with Gasteiger partial charge in [-0.1, -0.05) is 66.7 Å². The molecule has 218 valence electrons. The molecule has 0 saturated carbocycles. The smallest absolute Gasteiger partial charge is 0.261 e. The largest absolute Gasteiger partial charge is 0.454 e. The lowest BCUT2D eigenvalue weighted by atomic mass is 9.79. The Hall–Kier alpha value is -4.27. The summed E-state index contributed by atoms with van der Waals surface area (Å²) < 4.78 is 11.1. The van der Waals surface area contributed by atoms with Crippen LogP contribution in [0.5, 0.6) is 11.5 Å². The van der Waals surface area contributed by atoms with Crippen molar-refractivity contribution in [1.82, 2.24) is 9.80 Å². The Morgan fingerprint density at radius 3 is 2.05 bits per heavy atom. The summed E-state index contributed by atoms with van der Waals surface area (Å²) >= 11 is 1.48. The molecule has 0 radical (unpaired) electrons. The van der Waals surface area contributed by atoms with Crippen molar-refractivity contribution in [3.8, 4) is 17.6 Å². The van der Waals surface area contributed by atoms with E-state index in [9.17, 15) is 24.4 Å². The van der Waals surface area contributed by atoms with Crippen molar-refractivity contribution in [2.45, 2.75) is 36.1 Å². The molecule has 0 aromatic heterocycles. The minimum Gasteiger partial charge on any atom is -0.454 e. The molecule has 0 spiro atoms. The molecule has 11 heteroatoms. The molecule has 2 saturated heterocycles. The Morgan fingerprint density at radius 2 is 1.44 bits per heavy atom. The number of carbonyl (C=O) groups excluding carboxylic acids is 4. The molecule has 4 atom stereocenters. The highest BCUT2D eigenvalue weighted by Crippen LogP contribution is 2.63. The number of rotatable bonds is 5. The molecular weight excluding hydrogens is 587 g/mol. The monoisotopic (exact) mass is 613 g/mol. The Balaban J connectivity index is 1.51. The molecule has 3 aliphatic rings. The first kappa shape index (κ1) is 28.8. The zero-order valence-corrected chi connectivity index (χ0v) is 25.2. The third kappa shape index (κ3) is 4.48. The normalized spacial score (nSPS) is 27.5. The van der Waals surface area contributed by atoms with Gasteiger partial charge >= 0.3 is 0 Å². The van der Waals surface area contributed by atoms with Crippen LogP contribution in [-0.4, -0.2) is 55.4 Å². The maximum absolute atomic E-state index is 14.9. The molecule has 3 aliphatic heterocycles. The maximum atomic E-state index is 14.9. The number of fused-ring (bicyclic) bond motifs is 2. The van der Waals surface area contributed by atoms with Crippen molar-refractivity contribution in [2.75, 3.05) is 13.8 Å². The third-order valence-corrected chi connectivity index (χ3v) is 10.8. The summed E-state index contributed by atoms with van der Waals surface area (Å²) in [5.41, 5.74) is -0.000821. The molecule has 43 heavy (non-hydrogen) atoms. The fourth-order valence-corrected chi connectivity index (χ4v) is 8.46. The van der Waals surface area contributed by atoms with Gasteiger partial charge in [-0.05, 0) is 55.1 Å². The summed E-state index contributed by atoms with van der Waals surface area (Å²) in [7, 11) is 1.47. The topological polar surface area (TPSA) is 117 Å². The standard InChI is InChI=1S/C32H27N3O6S2/c1-30(18-33)17-32(43-27(37)21-12-8-5-9-13-21)29(39)34(3)31(2,42-26(36)20-10-6-4-7-11-20)28(38)35(32)25(30)22-14-15-23-24(16-22)41-19-40-23/h4-16,25H,17,19H2,1-3H3/t25-,30+,31-,32-/m0/s1. The molecule has 3 aromatic carbocycles. The van der Waals surface area contributed by atoms with Gasteiger partial charge in [-0.25, -0.2) is 0 Å². The van der Waals surface area contributed by atoms with E-state index in [2.05, 4.69) is 6.07 Å². The van der Waals surface area contributed by atoms with E-state index in [0.29, 0.717) is 28.2 Å². The lowest BCUT2D eigenvalue weighted by molar-refractivity contribution is -0.163. The molecule has 0 bridgehead atoms. The van der Waals surface area contributed by atoms with Gasteiger partial charge in [0.15, 0.2) is 21.2 Å². The van der Waals surface area contributed by atoms with Gasteiger partial charge in [-0.2, -0.15) is 5.26 Å². The van der Waals surface area contributed by atoms with E-state index < -0.39 is 43.2 Å². The first-order valence-electron chi connectivity index (χ1n) is 13.5. The molecule has 0 N–H and O–H groups in total. The second-order valence-corrected chi connectivity index (χ2v) is 13.7. The summed E-state index contributed by atoms with van der Waals surface area (Å²) in [4.78, 5) is 55.8. The van der Waals surface area contributed by atoms with Crippen molar-refractivity contribution in [3.63, 3.8) is 0 Å². The number of carbonyl (C=O) groups is 4. The summed E-state index contributed by atoms with van der Waals surface area (Å²) in [5, 5.41) is 9.80. The number of thioether (sulfide) groups is 2. The molecule has 6 rings (SSSR count). The van der Waals surface area contributed by atoms with Crippen LogP contribution in [0, 0.1) is 16.7 Å². The number of nitrogens with zero attached hydrogens (tertiary/aromatic N) is 3. The third-order valence-electron chi connectivity index (χ3n) is 8.29. The first-order valence-corrected chi connectivity index (χ1v) is 15.2. The minimum absolute atomic E-state index is 0.0343. The van der Waals surface area contributed by atoms with E-state index in [1.807, 2.05) is 0 Å². The van der Waals surface area contributed by atoms with E-state index >= 15 is 0 Å². The van der Waals surface area contributed by atoms with Gasteiger partial charge in [0.2, 0.25) is 17.0 Å². The van der Waals surface area contributed by atoms with E-state index in [1.54, 1.807) is 85.8 Å². The Morgan fingerprint density at radius 1 is 0.860 bits per heavy atom. The second-order valence-electron chi connectivity index (χ2n) is 11.0. The maximum Gasteiger partial charge on any atom is 0.261 e. The van der Waals surface area contributed by atoms with Gasteiger partial charge in [0.05, 0.1) is 17.5 Å². The van der Waals surface area contributed by atoms with Crippen LogP contribution in [0.3, 0.4) is 0 Å². The number of hydrogen-bond acceptors (Lipinski definition) is 9. The van der Waals surface area contributed by atoms with Gasteiger partial charge in [-0.15, -0.1) is 0 Å². The quantitative estimate of drug-likeness (QED) is 0.380. The fraction of sp³-hybridized carbons (Fsp3) is 0.281. The first-order chi connectivity index (χ1) is 20.5. The molecule has 2 amide bonds. The van der Waals surface area contributed by atoms with Gasteiger partial charge in [-0.3, -0.25) is 19.2 Å². The van der Waals surface area contributed by atoms with E-state index in [0.717, 1.165) is 23.5 Å². The van der Waals surface area contributed by atoms with Crippen LogP contribution in [0.2, 0.25) is 0 Å². The van der Waals surface area contributed by atoms with E-state index in [4.69, 9.17) is 9.47 Å². The number of piperazine rings is 1. The van der Waals surface area contributed by atoms with Crippen LogP contribution in [0.1, 0.15) is 52.6 Å². The number of nitriles is 1. The van der Waals surface area contributed by atoms with Crippen molar-refractivity contribution >= 4 is 45.6 Å². The zero-order valence-electron chi connectivity index (χ0n) is 23.6. The van der Waals surface area contributed by atoms with Crippen molar-refractivity contribution in [2.24, 2.45) is 5.41 Å². The van der Waals surface area contributed by atoms with E-state index in [1.165, 1.54) is 23.8 Å². The summed E-state index contributed by atoms with van der Waals surface area (Å²) in [6.45, 7) is 3.26. The van der Waals surface area contributed by atoms with Gasteiger partial charge in [0, 0.05) is 24.6 Å². The highest BCUT2D eigenvalue weighted by atomic mass is 32.2. The molecule has 3 heterocycles. The predicted octanol–water partition coefficient (Wildman–Crippen LogP) is 5.25. The number of benzene rings is 3. The molecule has 2 fully saturated rings. The number of likely N-dealkylation sites (N-methyl/N-ethyl adjacent to an activating group) is 1. The van der Waals surface area contributed by atoms with Gasteiger partial charge in [0.25, 0.3) is 11.8 Å². The zero-order chi connectivity index (χ0) is 30.6. The Bertz CT molecular complexity index is 1700. The SMILES string of the molecule is CN1C(=O)[C@@]2(SC(=O)c3ccccc3)C[C@](C)(C#N)[C@H](c3ccc4c(c3)OCO4)N2C(=O)[C@]1(C)SC(=O)c1ccccc1. The molecule has 0 aliphatic carbocycles. The lowest BCUT2D eigenvalue weighted by Crippen LogP contribution is -2.71. The van der Waals surface area contributed by atoms with Crippen LogP contribution in [0.15, 0.2) is 78.9 Å². The molecule has 0 unspecified atom stereocenters. The Labute approximate surface area is 257 Å². The van der Waals surface area contributed by atoms with Crippen LogP contribution >= 0.6 is 23.5 Å². The minimum atomic E-state index is -1.75. The number of ether oxygens (including phenoxy) is 2. The molecular formula is C32H27N3O6S2. The van der Waals surface area contributed by atoms with Crippen LogP contribution in [0.25, 0.3) is 0 Å². The summed E-state index contributed by atoms with van der Waals surface area (Å²) in [6.07, 6.45) is -0.110. The summed E-state index contributed by atoms with van der Waals surface area (Å²) in [5.74, 6) is -0.122. The molecule has 3 aromatic rings. The average molecular weight is 614 g/mol. The van der Waals surface area contributed by atoms with Gasteiger partial charge in [0.1, 0.15) is 0 Å². The highest BCUT2D eigenvalue weighted by Gasteiger charge is 2.72. The Kier molecular flexibility index (Phi) is 7.02. The van der Waals surface area contributed by atoms with Crippen molar-refractivity contribution < 1.29 is 28.7 Å². The predicted molar refractivity (Wildman–Crippen MR) is 161 cm³/mol. The van der Waals surface area contributed by atoms with Crippen LogP contribution in [-0.2, 0) is 9.59 Å². The van der Waals surface area contributed by atoms with Crippen LogP contribution < -0.4 is 9.47 Å². The fourth-order valence-electron chi connectivity index (χ4n) is 6.00. The number of hydrogen-bond donors (Lipinski definition) is 0. The van der Waals surface area contributed by atoms with Crippen LogP contribution in [0.4, 0.5) is 0 Å². The second kappa shape index (κ2) is 10.5. The molecule has 9 nitrogen and oxygen atoms in total. The van der Waals surface area contributed by atoms with E-state index in [-0.39, 0.29) is 13.2 Å². The van der Waals surface area contributed by atoms with Crippen molar-refractivity contribution in [3.05, 3.63) is 95.6 Å². The average Bonchev–Trinajstić information content (AvgIpc) is 3.60. The van der Waals surface area contributed by atoms with Crippen molar-refractivity contribution in [1.29, 1.82) is 5.26 Å². The lowest BCUT2D eigenvalue weighted by Gasteiger charge is -2.52. The highest BCUT2D eigenvalue weighted by molar-refractivity contribution is 8.16. The number of amides is 2.